The molecule has 0 spiro atoms. The van der Waals surface area contributed by atoms with Crippen LogP contribution >= 0.6 is 11.8 Å². The zero-order valence-corrected chi connectivity index (χ0v) is 16.4. The Hall–Kier alpha value is -2.80. The molecule has 3 amide bonds. The van der Waals surface area contributed by atoms with Gasteiger partial charge in [-0.2, -0.15) is 0 Å². The van der Waals surface area contributed by atoms with Gasteiger partial charge in [0.1, 0.15) is 5.25 Å². The number of hydrogen-bond acceptors (Lipinski definition) is 4. The molecule has 0 saturated carbocycles. The average molecular weight is 395 g/mol. The molecule has 2 heterocycles. The van der Waals surface area contributed by atoms with Gasteiger partial charge in [0.2, 0.25) is 5.91 Å². The number of rotatable bonds is 4. The molecule has 2 atom stereocenters. The van der Waals surface area contributed by atoms with Crippen LogP contribution in [0.15, 0.2) is 65.7 Å². The standard InChI is InChI=1S/C21H22N4O2S/c1-15-18(19(26)22-14-16-8-4-2-5-9-16)28-20(23-15)25-13-12-24(21(25)27)17-10-6-3-7-11-17/h2-11,15,18H,12-14H2,1H3,(H,22,26). The maximum absolute atomic E-state index is 12.8. The summed E-state index contributed by atoms with van der Waals surface area (Å²) < 4.78 is 0. The van der Waals surface area contributed by atoms with Gasteiger partial charge in [-0.25, -0.2) is 4.79 Å². The Balaban J connectivity index is 1.37. The van der Waals surface area contributed by atoms with Gasteiger partial charge in [0.05, 0.1) is 6.04 Å². The lowest BCUT2D eigenvalue weighted by Gasteiger charge is -2.18. The first-order valence-electron chi connectivity index (χ1n) is 9.33. The molecule has 4 rings (SSSR count). The van der Waals surface area contributed by atoms with Crippen LogP contribution in [-0.4, -0.2) is 46.4 Å². The van der Waals surface area contributed by atoms with E-state index in [1.165, 1.54) is 11.8 Å². The molecule has 7 heteroatoms. The SMILES string of the molecule is CC1N=C(N2CCN(c3ccccc3)C2=O)SC1C(=O)NCc1ccccc1. The third-order valence-electron chi connectivity index (χ3n) is 4.86. The number of aliphatic imine (C=N–C) groups is 1. The molecule has 2 aromatic rings. The molecule has 2 unspecified atom stereocenters. The lowest BCUT2D eigenvalue weighted by atomic mass is 10.2. The van der Waals surface area contributed by atoms with E-state index in [2.05, 4.69) is 10.3 Å². The van der Waals surface area contributed by atoms with Crippen LogP contribution in [0.5, 0.6) is 0 Å². The first-order valence-corrected chi connectivity index (χ1v) is 10.2. The minimum absolute atomic E-state index is 0.0494. The van der Waals surface area contributed by atoms with Gasteiger partial charge >= 0.3 is 6.03 Å². The number of nitrogens with zero attached hydrogens (tertiary/aromatic N) is 3. The van der Waals surface area contributed by atoms with Gasteiger partial charge in [0.15, 0.2) is 5.17 Å². The fraction of sp³-hybridized carbons (Fsp3) is 0.286. The highest BCUT2D eigenvalue weighted by molar-refractivity contribution is 8.15. The quantitative estimate of drug-likeness (QED) is 0.867. The van der Waals surface area contributed by atoms with Crippen LogP contribution < -0.4 is 10.2 Å². The summed E-state index contributed by atoms with van der Waals surface area (Å²) in [5, 5.41) is 3.29. The molecular formula is C21H22N4O2S. The van der Waals surface area contributed by atoms with Gasteiger partial charge in [0, 0.05) is 25.3 Å². The minimum atomic E-state index is -0.322. The van der Waals surface area contributed by atoms with E-state index in [4.69, 9.17) is 0 Å². The van der Waals surface area contributed by atoms with Crippen LogP contribution in [0, 0.1) is 0 Å². The van der Waals surface area contributed by atoms with Crippen molar-refractivity contribution < 1.29 is 9.59 Å². The summed E-state index contributed by atoms with van der Waals surface area (Å²) in [5.74, 6) is -0.0494. The van der Waals surface area contributed by atoms with E-state index in [1.807, 2.05) is 67.6 Å². The second-order valence-corrected chi connectivity index (χ2v) is 7.92. The molecule has 2 aromatic carbocycles. The number of hydrogen-bond donors (Lipinski definition) is 1. The number of benzene rings is 2. The Labute approximate surface area is 168 Å². The van der Waals surface area contributed by atoms with Gasteiger partial charge < -0.3 is 5.32 Å². The zero-order valence-electron chi connectivity index (χ0n) is 15.6. The summed E-state index contributed by atoms with van der Waals surface area (Å²) >= 11 is 1.38. The molecule has 2 aliphatic heterocycles. The molecule has 6 nitrogen and oxygen atoms in total. The van der Waals surface area contributed by atoms with Crippen LogP contribution in [0.2, 0.25) is 0 Å². The van der Waals surface area contributed by atoms with Gasteiger partial charge in [-0.05, 0) is 24.6 Å². The van der Waals surface area contributed by atoms with Crippen LogP contribution in [0.3, 0.4) is 0 Å². The topological polar surface area (TPSA) is 65.0 Å². The highest BCUT2D eigenvalue weighted by atomic mass is 32.2. The van der Waals surface area contributed by atoms with Crippen molar-refractivity contribution in [3.63, 3.8) is 0 Å². The van der Waals surface area contributed by atoms with Gasteiger partial charge in [-0.3, -0.25) is 19.6 Å². The maximum Gasteiger partial charge on any atom is 0.330 e. The summed E-state index contributed by atoms with van der Waals surface area (Å²) in [6.07, 6.45) is 0. The Bertz CT molecular complexity index is 888. The van der Waals surface area contributed by atoms with Crippen molar-refractivity contribution in [2.45, 2.75) is 24.8 Å². The van der Waals surface area contributed by atoms with Gasteiger partial charge in [-0.1, -0.05) is 60.3 Å². The molecule has 28 heavy (non-hydrogen) atoms. The fourth-order valence-electron chi connectivity index (χ4n) is 3.34. The highest BCUT2D eigenvalue weighted by Gasteiger charge is 2.40. The Kier molecular flexibility index (Phi) is 5.34. The summed E-state index contributed by atoms with van der Waals surface area (Å²) in [6.45, 7) is 3.60. The van der Waals surface area contributed by atoms with E-state index < -0.39 is 0 Å². The summed E-state index contributed by atoms with van der Waals surface area (Å²) in [7, 11) is 0. The molecule has 0 aromatic heterocycles. The van der Waals surface area contributed by atoms with Crippen LogP contribution in [0.1, 0.15) is 12.5 Å². The molecule has 1 fully saturated rings. The first kappa shape index (κ1) is 18.6. The Morgan fingerprint density at radius 1 is 1.07 bits per heavy atom. The van der Waals surface area contributed by atoms with Crippen molar-refractivity contribution in [1.82, 2.24) is 10.2 Å². The predicted molar refractivity (Wildman–Crippen MR) is 112 cm³/mol. The van der Waals surface area contributed by atoms with Crippen molar-refractivity contribution in [3.8, 4) is 0 Å². The number of nitrogens with one attached hydrogen (secondary N) is 1. The molecule has 144 valence electrons. The molecule has 0 radical (unpaired) electrons. The molecule has 0 aliphatic carbocycles. The van der Waals surface area contributed by atoms with E-state index in [0.717, 1.165) is 11.3 Å². The van der Waals surface area contributed by atoms with E-state index >= 15 is 0 Å². The van der Waals surface area contributed by atoms with Crippen molar-refractivity contribution >= 4 is 34.6 Å². The van der Waals surface area contributed by atoms with Crippen LogP contribution in [0.4, 0.5) is 10.5 Å². The average Bonchev–Trinajstić information content (AvgIpc) is 3.30. The third-order valence-corrected chi connectivity index (χ3v) is 6.26. The summed E-state index contributed by atoms with van der Waals surface area (Å²) in [4.78, 5) is 33.5. The minimum Gasteiger partial charge on any atom is -0.351 e. The second-order valence-electron chi connectivity index (χ2n) is 6.82. The number of para-hydroxylation sites is 1. The molecular weight excluding hydrogens is 372 g/mol. The zero-order chi connectivity index (χ0) is 19.5. The van der Waals surface area contributed by atoms with Crippen molar-refractivity contribution in [1.29, 1.82) is 0 Å². The normalized spacial score (nSPS) is 21.8. The lowest BCUT2D eigenvalue weighted by Crippen LogP contribution is -2.37. The molecule has 1 N–H and O–H groups in total. The number of carbonyl (C=O) groups excluding carboxylic acids is 2. The number of anilines is 1. The van der Waals surface area contributed by atoms with Crippen molar-refractivity contribution in [3.05, 3.63) is 66.2 Å². The summed E-state index contributed by atoms with van der Waals surface area (Å²) in [5.41, 5.74) is 1.93. The van der Waals surface area contributed by atoms with Gasteiger partial charge in [-0.15, -0.1) is 0 Å². The monoisotopic (exact) mass is 394 g/mol. The predicted octanol–water partition coefficient (Wildman–Crippen LogP) is 3.10. The van der Waals surface area contributed by atoms with Crippen molar-refractivity contribution in [2.24, 2.45) is 4.99 Å². The second kappa shape index (κ2) is 8.06. The molecule has 2 aliphatic rings. The number of amidine groups is 1. The number of carbonyl (C=O) groups is 2. The van der Waals surface area contributed by atoms with E-state index in [-0.39, 0.29) is 23.2 Å². The maximum atomic E-state index is 12.8. The van der Waals surface area contributed by atoms with Crippen LogP contribution in [-0.2, 0) is 11.3 Å². The molecule has 1 saturated heterocycles. The Morgan fingerprint density at radius 2 is 1.71 bits per heavy atom. The molecule has 0 bridgehead atoms. The van der Waals surface area contributed by atoms with Gasteiger partial charge in [0.25, 0.3) is 0 Å². The van der Waals surface area contributed by atoms with E-state index in [1.54, 1.807) is 9.80 Å². The largest absolute Gasteiger partial charge is 0.351 e. The van der Waals surface area contributed by atoms with E-state index in [0.29, 0.717) is 24.8 Å². The van der Waals surface area contributed by atoms with Crippen molar-refractivity contribution in [2.75, 3.05) is 18.0 Å². The lowest BCUT2D eigenvalue weighted by molar-refractivity contribution is -0.120. The smallest absolute Gasteiger partial charge is 0.330 e. The fourth-order valence-corrected chi connectivity index (χ4v) is 4.54. The highest BCUT2D eigenvalue weighted by Crippen LogP contribution is 2.31. The van der Waals surface area contributed by atoms with Crippen LogP contribution in [0.25, 0.3) is 0 Å². The number of urea groups is 1. The third kappa shape index (κ3) is 3.75. The first-order chi connectivity index (χ1) is 13.6. The Morgan fingerprint density at radius 3 is 2.43 bits per heavy atom. The van der Waals surface area contributed by atoms with E-state index in [9.17, 15) is 9.59 Å². The summed E-state index contributed by atoms with van der Waals surface area (Å²) in [6, 6.07) is 19.2. The number of thioether (sulfide) groups is 1. The number of amides is 3.